The molecule has 1 aromatic heterocycles. The molecule has 35 heavy (non-hydrogen) atoms. The maximum Gasteiger partial charge on any atom is 0.217 e. The van der Waals surface area contributed by atoms with Crippen molar-refractivity contribution >= 4 is 16.8 Å². The van der Waals surface area contributed by atoms with E-state index in [0.717, 1.165) is 22.9 Å². The summed E-state index contributed by atoms with van der Waals surface area (Å²) in [6.07, 6.45) is 0.902. The summed E-state index contributed by atoms with van der Waals surface area (Å²) in [6, 6.07) is 24.9. The molecule has 1 aliphatic heterocycles. The summed E-state index contributed by atoms with van der Waals surface area (Å²) in [5.74, 6) is 1.64. The van der Waals surface area contributed by atoms with Crippen LogP contribution in [0.15, 0.2) is 71.7 Å². The molecule has 0 amide bonds. The van der Waals surface area contributed by atoms with Gasteiger partial charge in [0.05, 0.1) is 0 Å². The van der Waals surface area contributed by atoms with Crippen molar-refractivity contribution in [2.45, 2.75) is 44.8 Å². The largest absolute Gasteiger partial charge is 0.514 e. The monoisotopic (exact) mass is 644 g/mol. The van der Waals surface area contributed by atoms with Gasteiger partial charge in [-0.25, -0.2) is 4.98 Å². The second-order valence-corrected chi connectivity index (χ2v) is 9.94. The van der Waals surface area contributed by atoms with Crippen molar-refractivity contribution in [2.24, 2.45) is 4.99 Å². The molecular weight excluding hydrogens is 619 g/mol. The summed E-state index contributed by atoms with van der Waals surface area (Å²) < 4.78 is 12.2. The molecule has 0 saturated heterocycles. The zero-order chi connectivity index (χ0) is 23.4. The summed E-state index contributed by atoms with van der Waals surface area (Å²) in [6.45, 7) is 6.35. The number of rotatable bonds is 3. The number of aromatic nitrogens is 1. The van der Waals surface area contributed by atoms with Crippen LogP contribution < -0.4 is 4.74 Å². The molecule has 1 aliphatic carbocycles. The molecule has 2 heterocycles. The zero-order valence-corrected chi connectivity index (χ0v) is 22.0. The van der Waals surface area contributed by atoms with Crippen molar-refractivity contribution in [3.63, 3.8) is 0 Å². The second-order valence-electron chi connectivity index (χ2n) is 9.94. The number of hydrogen-bond acceptors (Lipinski definition) is 5. The Morgan fingerprint density at radius 3 is 2.69 bits per heavy atom. The van der Waals surface area contributed by atoms with Crippen LogP contribution in [0.2, 0.25) is 0 Å². The number of fused-ring (bicyclic) bond motifs is 4. The van der Waals surface area contributed by atoms with Gasteiger partial charge in [0, 0.05) is 44.7 Å². The normalized spacial score (nSPS) is 18.3. The van der Waals surface area contributed by atoms with E-state index in [-0.39, 0.29) is 44.4 Å². The number of aromatic hydroxyl groups is 1. The average molecular weight is 645 g/mol. The molecule has 180 valence electrons. The average Bonchev–Trinajstić information content (AvgIpc) is 3.37. The fraction of sp³-hybridized carbons (Fsp3) is 0.241. The van der Waals surface area contributed by atoms with Crippen molar-refractivity contribution in [1.82, 2.24) is 4.98 Å². The molecule has 2 aliphatic rings. The van der Waals surface area contributed by atoms with E-state index in [1.807, 2.05) is 30.3 Å². The summed E-state index contributed by atoms with van der Waals surface area (Å²) >= 11 is 0. The SMILES string of the molecule is CC(C)(C)c1cc(O)c2nc(Oc3[c-]c(C4=N[C@@H]5c6ccccc6C[C@@H]5O4)ccc3)ccc2c1.[Pt]. The first-order valence-corrected chi connectivity index (χ1v) is 11.5. The Balaban J connectivity index is 0.00000253. The topological polar surface area (TPSA) is 63.9 Å². The van der Waals surface area contributed by atoms with Crippen LogP contribution in [0.1, 0.15) is 49.1 Å². The number of ether oxygens (including phenoxy) is 2. The minimum absolute atomic E-state index is 0. The van der Waals surface area contributed by atoms with Crippen LogP contribution in [0, 0.1) is 6.07 Å². The van der Waals surface area contributed by atoms with Gasteiger partial charge in [-0.15, -0.1) is 18.2 Å². The molecule has 0 bridgehead atoms. The van der Waals surface area contributed by atoms with E-state index in [9.17, 15) is 5.11 Å². The van der Waals surface area contributed by atoms with E-state index in [4.69, 9.17) is 14.5 Å². The number of nitrogens with zero attached hydrogens (tertiary/aromatic N) is 2. The smallest absolute Gasteiger partial charge is 0.217 e. The molecule has 0 unspecified atom stereocenters. The molecule has 4 aromatic rings. The predicted molar refractivity (Wildman–Crippen MR) is 132 cm³/mol. The number of hydrogen-bond donors (Lipinski definition) is 1. The van der Waals surface area contributed by atoms with Crippen LogP contribution in [0.3, 0.4) is 0 Å². The summed E-state index contributed by atoms with van der Waals surface area (Å²) in [7, 11) is 0. The number of phenols is 1. The van der Waals surface area contributed by atoms with E-state index in [1.165, 1.54) is 11.1 Å². The summed E-state index contributed by atoms with van der Waals surface area (Å²) in [5.41, 5.74) is 4.80. The van der Waals surface area contributed by atoms with Gasteiger partial charge in [-0.1, -0.05) is 56.7 Å². The molecule has 6 heteroatoms. The number of phenolic OH excluding ortho intramolecular Hbond substituents is 1. The van der Waals surface area contributed by atoms with Crippen molar-refractivity contribution in [1.29, 1.82) is 0 Å². The Kier molecular flexibility index (Phi) is 5.93. The zero-order valence-electron chi connectivity index (χ0n) is 19.7. The first-order valence-electron chi connectivity index (χ1n) is 11.5. The molecule has 0 spiro atoms. The van der Waals surface area contributed by atoms with E-state index in [2.05, 4.69) is 56.1 Å². The molecule has 6 rings (SSSR count). The molecule has 0 radical (unpaired) electrons. The van der Waals surface area contributed by atoms with Crippen LogP contribution in [-0.4, -0.2) is 22.1 Å². The van der Waals surface area contributed by atoms with E-state index < -0.39 is 0 Å². The van der Waals surface area contributed by atoms with Crippen LogP contribution in [0.5, 0.6) is 17.4 Å². The fourth-order valence-corrected chi connectivity index (χ4v) is 4.66. The van der Waals surface area contributed by atoms with Crippen molar-refractivity contribution in [3.8, 4) is 17.4 Å². The third kappa shape index (κ3) is 4.34. The van der Waals surface area contributed by atoms with Gasteiger partial charge in [-0.3, -0.25) is 4.99 Å². The standard InChI is InChI=1S/C29H25N2O3.Pt/c1-29(2,3)20-13-18-11-12-25(30-26(18)23(32)16-20)33-21-9-6-8-19(14-21)28-31-27-22-10-5-4-7-17(22)15-24(27)34-28;/h4-13,16,24,27,32H,15H2,1-3H3;/q-1;/t24-,27+;/m0./s1. The van der Waals surface area contributed by atoms with Crippen molar-refractivity contribution in [3.05, 3.63) is 95.1 Å². The van der Waals surface area contributed by atoms with Gasteiger partial charge in [0.1, 0.15) is 29.3 Å². The van der Waals surface area contributed by atoms with Gasteiger partial charge >= 0.3 is 0 Å². The van der Waals surface area contributed by atoms with Crippen molar-refractivity contribution in [2.75, 3.05) is 0 Å². The molecule has 2 atom stereocenters. The quantitative estimate of drug-likeness (QED) is 0.267. The van der Waals surface area contributed by atoms with Gasteiger partial charge in [0.15, 0.2) is 0 Å². The first kappa shape index (κ1) is 23.6. The van der Waals surface area contributed by atoms with Gasteiger partial charge in [-0.05, 0) is 40.3 Å². The third-order valence-electron chi connectivity index (χ3n) is 6.49. The van der Waals surface area contributed by atoms with Crippen LogP contribution in [-0.2, 0) is 37.6 Å². The van der Waals surface area contributed by atoms with Crippen molar-refractivity contribution < 1.29 is 35.6 Å². The van der Waals surface area contributed by atoms with Crippen LogP contribution in [0.4, 0.5) is 0 Å². The molecule has 1 N–H and O–H groups in total. The molecule has 5 nitrogen and oxygen atoms in total. The summed E-state index contributed by atoms with van der Waals surface area (Å²) in [4.78, 5) is 9.39. The van der Waals surface area contributed by atoms with Gasteiger partial charge in [-0.2, -0.15) is 0 Å². The minimum atomic E-state index is -0.0676. The molecule has 3 aromatic carbocycles. The molecule has 0 fully saturated rings. The Labute approximate surface area is 219 Å². The summed E-state index contributed by atoms with van der Waals surface area (Å²) in [5, 5.41) is 11.5. The first-order chi connectivity index (χ1) is 16.3. The van der Waals surface area contributed by atoms with E-state index in [0.29, 0.717) is 23.0 Å². The molecular formula is C29H25N2O3Pt-. The van der Waals surface area contributed by atoms with E-state index >= 15 is 0 Å². The Hall–Kier alpha value is -3.17. The minimum Gasteiger partial charge on any atom is -0.514 e. The Morgan fingerprint density at radius 1 is 1.03 bits per heavy atom. The van der Waals surface area contributed by atoms with Crippen LogP contribution in [0.25, 0.3) is 10.9 Å². The number of pyridine rings is 1. The van der Waals surface area contributed by atoms with E-state index in [1.54, 1.807) is 12.1 Å². The number of aliphatic imine (C=N–C) groups is 1. The Morgan fingerprint density at radius 2 is 1.86 bits per heavy atom. The van der Waals surface area contributed by atoms with Crippen LogP contribution >= 0.6 is 0 Å². The molecule has 0 saturated carbocycles. The second kappa shape index (κ2) is 8.80. The van der Waals surface area contributed by atoms with Gasteiger partial charge < -0.3 is 14.6 Å². The maximum absolute atomic E-state index is 10.6. The third-order valence-corrected chi connectivity index (χ3v) is 6.49. The fourth-order valence-electron chi connectivity index (χ4n) is 4.66. The van der Waals surface area contributed by atoms with Gasteiger partial charge in [0.2, 0.25) is 5.88 Å². The van der Waals surface area contributed by atoms with Gasteiger partial charge in [0.25, 0.3) is 0 Å². The maximum atomic E-state index is 10.6. The number of benzene rings is 3. The Bertz CT molecular complexity index is 1460. The predicted octanol–water partition coefficient (Wildman–Crippen LogP) is 6.27.